The molecule has 1 aliphatic heterocycles. The number of pyridine rings is 2. The van der Waals surface area contributed by atoms with E-state index in [9.17, 15) is 0 Å². The van der Waals surface area contributed by atoms with Gasteiger partial charge in [-0.25, -0.2) is 9.13 Å². The van der Waals surface area contributed by atoms with Crippen LogP contribution in [-0.2, 0) is 25.9 Å². The van der Waals surface area contributed by atoms with E-state index >= 15 is 0 Å². The summed E-state index contributed by atoms with van der Waals surface area (Å²) in [5, 5.41) is 0. The van der Waals surface area contributed by atoms with Crippen molar-refractivity contribution in [3.05, 3.63) is 84.5 Å². The van der Waals surface area contributed by atoms with E-state index in [-0.39, 0.29) is 0 Å². The average Bonchev–Trinajstić information content (AvgIpc) is 2.97. The van der Waals surface area contributed by atoms with Crippen LogP contribution in [0, 0.1) is 0 Å². The zero-order valence-electron chi connectivity index (χ0n) is 25.8. The fourth-order valence-corrected chi connectivity index (χ4v) is 5.91. The van der Waals surface area contributed by atoms with Gasteiger partial charge in [0.2, 0.25) is 0 Å². The number of fused-ring (bicyclic) bond motifs is 4. The Morgan fingerprint density at radius 1 is 0.375 bits per heavy atom. The Bertz CT molecular complexity index is 867. The lowest BCUT2D eigenvalue weighted by molar-refractivity contribution is -0.697. The van der Waals surface area contributed by atoms with Gasteiger partial charge in [-0.3, -0.25) is 0 Å². The summed E-state index contributed by atoms with van der Waals surface area (Å²) >= 11 is 0. The van der Waals surface area contributed by atoms with Crippen molar-refractivity contribution in [3.63, 3.8) is 0 Å². The quantitative estimate of drug-likeness (QED) is 0.230. The molecule has 2 aromatic heterocycles. The first-order valence-corrected chi connectivity index (χ1v) is 17.2. The molecule has 3 heterocycles. The number of allylic oxidation sites excluding steroid dienone is 4. The minimum atomic E-state index is 1.15. The summed E-state index contributed by atoms with van der Waals surface area (Å²) in [6, 6.07) is 9.12. The highest BCUT2D eigenvalue weighted by Crippen LogP contribution is 2.12. The summed E-state index contributed by atoms with van der Waals surface area (Å²) in [5.74, 6) is 0. The molecule has 4 bridgehead atoms. The maximum Gasteiger partial charge on any atom is 0.171 e. The summed E-state index contributed by atoms with van der Waals surface area (Å²) in [4.78, 5) is 0. The smallest absolute Gasteiger partial charge is 0.171 e. The van der Waals surface area contributed by atoms with Gasteiger partial charge in [-0.15, -0.1) is 0 Å². The second-order valence-electron chi connectivity index (χ2n) is 12.2. The van der Waals surface area contributed by atoms with Crippen molar-refractivity contribution < 1.29 is 9.13 Å². The topological polar surface area (TPSA) is 7.76 Å². The van der Waals surface area contributed by atoms with Gasteiger partial charge in [-0.2, -0.15) is 0 Å². The van der Waals surface area contributed by atoms with Gasteiger partial charge in [0.1, 0.15) is 13.1 Å². The van der Waals surface area contributed by atoms with Crippen LogP contribution in [0.3, 0.4) is 0 Å². The number of rotatable bonds is 0. The fourth-order valence-electron chi connectivity index (χ4n) is 5.91. The molecule has 2 nitrogen and oxygen atoms in total. The molecule has 0 unspecified atom stereocenters. The third kappa shape index (κ3) is 16.1. The highest BCUT2D eigenvalue weighted by atomic mass is 14.9. The lowest BCUT2D eigenvalue weighted by Crippen LogP contribution is -2.33. The minimum Gasteiger partial charge on any atom is -0.205 e. The van der Waals surface area contributed by atoms with Crippen LogP contribution in [0.1, 0.15) is 140 Å². The van der Waals surface area contributed by atoms with Crippen molar-refractivity contribution in [2.24, 2.45) is 0 Å². The second-order valence-corrected chi connectivity index (χ2v) is 12.2. The number of aromatic nitrogens is 2. The van der Waals surface area contributed by atoms with E-state index in [1.54, 1.807) is 0 Å². The monoisotopic (exact) mass is 544 g/mol. The van der Waals surface area contributed by atoms with Crippen molar-refractivity contribution >= 4 is 0 Å². The maximum absolute atomic E-state index is 2.43. The Kier molecular flexibility index (Phi) is 18.1. The predicted molar refractivity (Wildman–Crippen MR) is 171 cm³/mol. The van der Waals surface area contributed by atoms with Crippen LogP contribution in [-0.4, -0.2) is 0 Å². The van der Waals surface area contributed by atoms with Crippen LogP contribution in [0.25, 0.3) is 0 Å². The van der Waals surface area contributed by atoms with Crippen molar-refractivity contribution in [1.82, 2.24) is 0 Å². The molecule has 0 N–H and O–H groups in total. The normalized spacial score (nSPS) is 21.0. The van der Waals surface area contributed by atoms with Crippen molar-refractivity contribution in [3.8, 4) is 0 Å². The van der Waals surface area contributed by atoms with E-state index < -0.39 is 0 Å². The first-order chi connectivity index (χ1) is 19.9. The van der Waals surface area contributed by atoms with Gasteiger partial charge in [0.05, 0.1) is 0 Å². The molecule has 2 heteroatoms. The van der Waals surface area contributed by atoms with Crippen LogP contribution < -0.4 is 9.13 Å². The van der Waals surface area contributed by atoms with Gasteiger partial charge in [-0.1, -0.05) is 75.7 Å². The number of hydrogen-bond acceptors (Lipinski definition) is 0. The molecule has 0 aliphatic carbocycles. The van der Waals surface area contributed by atoms with Crippen molar-refractivity contribution in [1.29, 1.82) is 0 Å². The standard InChI is InChI=1S/C38H60N2/c1-3-7-11-15-19-23-31-39-33-26-30-38(36-39)28-22-18-14-10-6-2-4-8-12-16-20-24-32-40-34-25-29-37(35-40)27-21-17-13-9-5-1/h7-8,11-12,25-26,29-30,33-36H,1-6,9-10,13-24,27-28,31-32H2/q+2/b11-7+,12-8+. The molecular weight excluding hydrogens is 484 g/mol. The molecule has 0 saturated carbocycles. The summed E-state index contributed by atoms with van der Waals surface area (Å²) in [7, 11) is 0. The van der Waals surface area contributed by atoms with Gasteiger partial charge in [0.15, 0.2) is 24.8 Å². The molecule has 3 rings (SSSR count). The largest absolute Gasteiger partial charge is 0.205 e. The number of aryl methyl sites for hydroxylation is 4. The third-order valence-electron chi connectivity index (χ3n) is 8.42. The Hall–Kier alpha value is -2.22. The van der Waals surface area contributed by atoms with Crippen molar-refractivity contribution in [2.45, 2.75) is 154 Å². The Labute approximate surface area is 247 Å². The molecular formula is C38H60N2+2. The molecule has 0 atom stereocenters. The zero-order chi connectivity index (χ0) is 27.8. The molecule has 220 valence electrons. The molecule has 1 aliphatic rings. The molecule has 40 heavy (non-hydrogen) atoms. The molecule has 0 fully saturated rings. The van der Waals surface area contributed by atoms with E-state index in [2.05, 4.69) is 82.5 Å². The number of nitrogens with zero attached hydrogens (tertiary/aromatic N) is 2. The Morgan fingerprint density at radius 3 is 1.15 bits per heavy atom. The number of hydrogen-bond donors (Lipinski definition) is 0. The molecule has 0 amide bonds. The lowest BCUT2D eigenvalue weighted by Gasteiger charge is -2.03. The first kappa shape index (κ1) is 32.3. The van der Waals surface area contributed by atoms with Gasteiger partial charge in [-0.05, 0) is 89.2 Å². The van der Waals surface area contributed by atoms with E-state index in [4.69, 9.17) is 0 Å². The van der Waals surface area contributed by atoms with Gasteiger partial charge in [0.25, 0.3) is 0 Å². The maximum atomic E-state index is 2.43. The highest BCUT2D eigenvalue weighted by Gasteiger charge is 2.04. The Balaban J connectivity index is 1.36. The minimum absolute atomic E-state index is 1.15. The van der Waals surface area contributed by atoms with Crippen LogP contribution in [0.2, 0.25) is 0 Å². The van der Waals surface area contributed by atoms with Crippen LogP contribution in [0.15, 0.2) is 73.4 Å². The molecule has 2 aromatic rings. The van der Waals surface area contributed by atoms with Crippen LogP contribution in [0.4, 0.5) is 0 Å². The van der Waals surface area contributed by atoms with E-state index in [1.165, 1.54) is 152 Å². The predicted octanol–water partition coefficient (Wildman–Crippen LogP) is 9.97. The first-order valence-electron chi connectivity index (χ1n) is 17.2. The SMILES string of the molecule is C1=C/CCCC[n+]2cccc(c2)CCCCCCCC/C=C/CCCC[n+]2cccc(c2)CCCCCCCC/1. The van der Waals surface area contributed by atoms with E-state index in [0.29, 0.717) is 0 Å². The lowest BCUT2D eigenvalue weighted by atomic mass is 10.0. The molecule has 0 aromatic carbocycles. The molecule has 0 saturated heterocycles. The third-order valence-corrected chi connectivity index (χ3v) is 8.42. The summed E-state index contributed by atoms with van der Waals surface area (Å²) in [6.45, 7) is 2.31. The van der Waals surface area contributed by atoms with E-state index in [0.717, 1.165) is 13.1 Å². The van der Waals surface area contributed by atoms with Crippen LogP contribution in [0.5, 0.6) is 0 Å². The highest BCUT2D eigenvalue weighted by molar-refractivity contribution is 5.06. The van der Waals surface area contributed by atoms with Gasteiger partial charge < -0.3 is 0 Å². The Morgan fingerprint density at radius 2 is 0.725 bits per heavy atom. The van der Waals surface area contributed by atoms with Gasteiger partial charge in [0, 0.05) is 36.1 Å². The summed E-state index contributed by atoms with van der Waals surface area (Å²) in [6.07, 6.45) is 48.1. The average molecular weight is 545 g/mol. The zero-order valence-corrected chi connectivity index (χ0v) is 25.8. The van der Waals surface area contributed by atoms with Crippen LogP contribution >= 0.6 is 0 Å². The van der Waals surface area contributed by atoms with Gasteiger partial charge >= 0.3 is 0 Å². The molecule has 0 radical (unpaired) electrons. The second kappa shape index (κ2) is 22.5. The fraction of sp³-hybridized carbons (Fsp3) is 0.632. The molecule has 0 spiro atoms. The van der Waals surface area contributed by atoms with Crippen molar-refractivity contribution in [2.75, 3.05) is 0 Å². The van der Waals surface area contributed by atoms with E-state index in [1.807, 2.05) is 0 Å². The summed E-state index contributed by atoms with van der Waals surface area (Å²) in [5.41, 5.74) is 3.02. The summed E-state index contributed by atoms with van der Waals surface area (Å²) < 4.78 is 4.82.